The molecule has 0 aliphatic heterocycles. The van der Waals surface area contributed by atoms with Crippen molar-refractivity contribution in [2.45, 2.75) is 13.3 Å². The first-order valence-corrected chi connectivity index (χ1v) is 9.84. The molecule has 0 bridgehead atoms. The van der Waals surface area contributed by atoms with Crippen LogP contribution in [0.5, 0.6) is 11.5 Å². The summed E-state index contributed by atoms with van der Waals surface area (Å²) in [5.41, 5.74) is 2.01. The molecule has 162 valence electrons. The number of methoxy groups -OCH3 is 3. The second kappa shape index (κ2) is 9.84. The Morgan fingerprint density at radius 2 is 1.45 bits per heavy atom. The van der Waals surface area contributed by atoms with Gasteiger partial charge < -0.3 is 24.8 Å². The SMILES string of the molecule is COC1=CC=C(C(=O)Nc2cc(OC)ccc2NC(=O)c2ccc(OC)cc2)CC1C. The maximum atomic E-state index is 12.9. The van der Waals surface area contributed by atoms with E-state index in [1.165, 1.54) is 0 Å². The zero-order chi connectivity index (χ0) is 22.4. The van der Waals surface area contributed by atoms with Crippen LogP contribution in [0.1, 0.15) is 23.7 Å². The predicted octanol–water partition coefficient (Wildman–Crippen LogP) is 4.39. The van der Waals surface area contributed by atoms with E-state index in [4.69, 9.17) is 14.2 Å². The molecule has 0 spiro atoms. The number of rotatable bonds is 7. The highest BCUT2D eigenvalue weighted by Crippen LogP contribution is 2.30. The van der Waals surface area contributed by atoms with Crippen LogP contribution in [0.3, 0.4) is 0 Å². The molecule has 2 amide bonds. The maximum absolute atomic E-state index is 12.9. The highest BCUT2D eigenvalue weighted by atomic mass is 16.5. The van der Waals surface area contributed by atoms with Crippen molar-refractivity contribution in [2.75, 3.05) is 32.0 Å². The van der Waals surface area contributed by atoms with E-state index in [0.29, 0.717) is 40.4 Å². The third kappa shape index (κ3) is 5.25. The number of carbonyl (C=O) groups excluding carboxylic acids is 2. The van der Waals surface area contributed by atoms with E-state index >= 15 is 0 Å². The molecule has 0 aromatic heterocycles. The first kappa shape index (κ1) is 22.0. The summed E-state index contributed by atoms with van der Waals surface area (Å²) in [5, 5.41) is 5.74. The fourth-order valence-electron chi connectivity index (χ4n) is 3.29. The molecule has 0 fully saturated rings. The molecule has 0 saturated heterocycles. The van der Waals surface area contributed by atoms with Crippen LogP contribution in [-0.2, 0) is 9.53 Å². The van der Waals surface area contributed by atoms with Crippen LogP contribution in [0, 0.1) is 5.92 Å². The Labute approximate surface area is 181 Å². The van der Waals surface area contributed by atoms with Gasteiger partial charge >= 0.3 is 0 Å². The summed E-state index contributed by atoms with van der Waals surface area (Å²) < 4.78 is 15.7. The molecule has 2 aromatic rings. The van der Waals surface area contributed by atoms with E-state index in [1.807, 2.05) is 6.92 Å². The molecule has 1 aliphatic carbocycles. The summed E-state index contributed by atoms with van der Waals surface area (Å²) in [5.74, 6) is 1.62. The van der Waals surface area contributed by atoms with Crippen molar-refractivity contribution in [1.29, 1.82) is 0 Å². The molecule has 0 heterocycles. The summed E-state index contributed by atoms with van der Waals surface area (Å²) in [6, 6.07) is 11.8. The van der Waals surface area contributed by atoms with Gasteiger partial charge in [0.05, 0.1) is 38.5 Å². The number of hydrogen-bond acceptors (Lipinski definition) is 5. The highest BCUT2D eigenvalue weighted by Gasteiger charge is 2.21. The standard InChI is InChI=1S/C24H26N2O5/c1-15-13-17(7-12-22(15)31-4)24(28)26-21-14-19(30-3)10-11-20(21)25-23(27)16-5-8-18(29-2)9-6-16/h5-12,14-15H,13H2,1-4H3,(H,25,27)(H,26,28). The molecule has 3 rings (SSSR count). The van der Waals surface area contributed by atoms with Gasteiger partial charge in [-0.2, -0.15) is 0 Å². The van der Waals surface area contributed by atoms with Gasteiger partial charge in [0, 0.05) is 23.1 Å². The second-order valence-corrected chi connectivity index (χ2v) is 7.12. The molecule has 0 saturated carbocycles. The molecule has 0 radical (unpaired) electrons. The highest BCUT2D eigenvalue weighted by molar-refractivity contribution is 6.10. The lowest BCUT2D eigenvalue weighted by Gasteiger charge is -2.21. The van der Waals surface area contributed by atoms with Crippen LogP contribution in [0.15, 0.2) is 65.9 Å². The van der Waals surface area contributed by atoms with E-state index in [9.17, 15) is 9.59 Å². The number of allylic oxidation sites excluding steroid dienone is 3. The fourth-order valence-corrected chi connectivity index (χ4v) is 3.29. The number of benzene rings is 2. The Balaban J connectivity index is 1.81. The van der Waals surface area contributed by atoms with E-state index in [-0.39, 0.29) is 17.7 Å². The summed E-state index contributed by atoms with van der Waals surface area (Å²) in [6.45, 7) is 2.00. The van der Waals surface area contributed by atoms with Crippen LogP contribution in [0.2, 0.25) is 0 Å². The summed E-state index contributed by atoms with van der Waals surface area (Å²) >= 11 is 0. The van der Waals surface area contributed by atoms with Gasteiger partial charge in [-0.1, -0.05) is 13.0 Å². The Bertz CT molecular complexity index is 1020. The quantitative estimate of drug-likeness (QED) is 0.691. The molecule has 2 N–H and O–H groups in total. The molecule has 1 aliphatic rings. The first-order chi connectivity index (χ1) is 14.9. The van der Waals surface area contributed by atoms with Crippen molar-refractivity contribution in [3.8, 4) is 11.5 Å². The summed E-state index contributed by atoms with van der Waals surface area (Å²) in [6.07, 6.45) is 4.12. The van der Waals surface area contributed by atoms with Crippen LogP contribution in [-0.4, -0.2) is 33.1 Å². The van der Waals surface area contributed by atoms with Gasteiger partial charge in [-0.05, 0) is 48.9 Å². The number of nitrogens with one attached hydrogen (secondary N) is 2. The van der Waals surface area contributed by atoms with Crippen molar-refractivity contribution >= 4 is 23.2 Å². The predicted molar refractivity (Wildman–Crippen MR) is 120 cm³/mol. The third-order valence-electron chi connectivity index (χ3n) is 5.06. The lowest BCUT2D eigenvalue weighted by atomic mass is 9.93. The average Bonchev–Trinajstić information content (AvgIpc) is 2.80. The third-order valence-corrected chi connectivity index (χ3v) is 5.06. The summed E-state index contributed by atoms with van der Waals surface area (Å²) in [4.78, 5) is 25.6. The zero-order valence-electron chi connectivity index (χ0n) is 18.0. The normalized spacial score (nSPS) is 15.3. The lowest BCUT2D eigenvalue weighted by Crippen LogP contribution is -2.20. The lowest BCUT2D eigenvalue weighted by molar-refractivity contribution is -0.113. The van der Waals surface area contributed by atoms with Crippen LogP contribution >= 0.6 is 0 Å². The summed E-state index contributed by atoms with van der Waals surface area (Å²) in [7, 11) is 4.73. The Morgan fingerprint density at radius 3 is 2.06 bits per heavy atom. The van der Waals surface area contributed by atoms with Crippen LogP contribution in [0.4, 0.5) is 11.4 Å². The molecule has 1 unspecified atom stereocenters. The molecular formula is C24H26N2O5. The van der Waals surface area contributed by atoms with Crippen molar-refractivity contribution in [3.05, 3.63) is 71.5 Å². The maximum Gasteiger partial charge on any atom is 0.255 e. The van der Waals surface area contributed by atoms with Gasteiger partial charge in [0.1, 0.15) is 11.5 Å². The fraction of sp³-hybridized carbons (Fsp3) is 0.250. The zero-order valence-corrected chi connectivity index (χ0v) is 18.0. The minimum absolute atomic E-state index is 0.107. The van der Waals surface area contributed by atoms with Gasteiger partial charge in [0.15, 0.2) is 0 Å². The van der Waals surface area contributed by atoms with E-state index in [0.717, 1.165) is 5.76 Å². The van der Waals surface area contributed by atoms with E-state index in [1.54, 1.807) is 75.9 Å². The topological polar surface area (TPSA) is 85.9 Å². The van der Waals surface area contributed by atoms with Gasteiger partial charge in [-0.25, -0.2) is 0 Å². The largest absolute Gasteiger partial charge is 0.501 e. The van der Waals surface area contributed by atoms with Gasteiger partial charge in [-0.3, -0.25) is 9.59 Å². The van der Waals surface area contributed by atoms with Crippen LogP contribution in [0.25, 0.3) is 0 Å². The molecule has 1 atom stereocenters. The monoisotopic (exact) mass is 422 g/mol. The molecular weight excluding hydrogens is 396 g/mol. The first-order valence-electron chi connectivity index (χ1n) is 9.84. The van der Waals surface area contributed by atoms with Crippen LogP contribution < -0.4 is 20.1 Å². The molecule has 2 aromatic carbocycles. The number of anilines is 2. The van der Waals surface area contributed by atoms with E-state index < -0.39 is 0 Å². The van der Waals surface area contributed by atoms with Crippen molar-refractivity contribution in [2.24, 2.45) is 5.92 Å². The Morgan fingerprint density at radius 1 is 0.806 bits per heavy atom. The van der Waals surface area contributed by atoms with Crippen molar-refractivity contribution in [1.82, 2.24) is 0 Å². The van der Waals surface area contributed by atoms with E-state index in [2.05, 4.69) is 10.6 Å². The average molecular weight is 422 g/mol. The smallest absolute Gasteiger partial charge is 0.255 e. The number of hydrogen-bond donors (Lipinski definition) is 2. The number of carbonyl (C=O) groups is 2. The Kier molecular flexibility index (Phi) is 6.97. The molecule has 7 heteroatoms. The number of ether oxygens (including phenoxy) is 3. The molecule has 7 nitrogen and oxygen atoms in total. The van der Waals surface area contributed by atoms with Gasteiger partial charge in [0.2, 0.25) is 0 Å². The molecule has 31 heavy (non-hydrogen) atoms. The Hall–Kier alpha value is -3.74. The van der Waals surface area contributed by atoms with Gasteiger partial charge in [-0.15, -0.1) is 0 Å². The van der Waals surface area contributed by atoms with Crippen molar-refractivity contribution < 1.29 is 23.8 Å². The van der Waals surface area contributed by atoms with Crippen molar-refractivity contribution in [3.63, 3.8) is 0 Å². The van der Waals surface area contributed by atoms with Gasteiger partial charge in [0.25, 0.3) is 11.8 Å². The minimum atomic E-state index is -0.304. The second-order valence-electron chi connectivity index (χ2n) is 7.12. The number of amides is 2. The minimum Gasteiger partial charge on any atom is -0.501 e.